The van der Waals surface area contributed by atoms with Crippen LogP contribution < -0.4 is 0 Å². The maximum Gasteiger partial charge on any atom is 0.306 e. The van der Waals surface area contributed by atoms with Crippen LogP contribution in [0.4, 0.5) is 0 Å². The molecule has 1 atom stereocenters. The molecule has 0 saturated carbocycles. The Labute approximate surface area is 102 Å². The molecule has 0 radical (unpaired) electrons. The van der Waals surface area contributed by atoms with Gasteiger partial charge < -0.3 is 4.74 Å². The number of esters is 1. The van der Waals surface area contributed by atoms with Gasteiger partial charge in [0.25, 0.3) is 0 Å². The highest BCUT2D eigenvalue weighted by Gasteiger charge is 2.16. The lowest BCUT2D eigenvalue weighted by molar-refractivity contribution is -0.143. The standard InChI is InChI=1S/C12H22O3S/c1-4-6-7-8-11(16-10(3)13)9-12(14)15-5-2/h11H,4-9H2,1-3H3/t11-/m1/s1. The van der Waals surface area contributed by atoms with Crippen molar-refractivity contribution >= 4 is 22.8 Å². The molecular weight excluding hydrogens is 224 g/mol. The maximum absolute atomic E-state index is 11.3. The second kappa shape index (κ2) is 9.70. The van der Waals surface area contributed by atoms with Crippen LogP contribution in [0.1, 0.15) is 52.9 Å². The molecule has 0 heterocycles. The van der Waals surface area contributed by atoms with E-state index in [4.69, 9.17) is 4.74 Å². The van der Waals surface area contributed by atoms with Crippen LogP contribution in [-0.4, -0.2) is 22.9 Å². The molecule has 0 aromatic carbocycles. The summed E-state index contributed by atoms with van der Waals surface area (Å²) in [5.41, 5.74) is 0. The van der Waals surface area contributed by atoms with Crippen molar-refractivity contribution in [3.05, 3.63) is 0 Å². The van der Waals surface area contributed by atoms with Crippen molar-refractivity contribution in [1.82, 2.24) is 0 Å². The highest BCUT2D eigenvalue weighted by molar-refractivity contribution is 8.14. The van der Waals surface area contributed by atoms with Gasteiger partial charge in [-0.2, -0.15) is 0 Å². The fourth-order valence-corrected chi connectivity index (χ4v) is 2.44. The lowest BCUT2D eigenvalue weighted by Gasteiger charge is -2.13. The molecule has 0 aromatic heterocycles. The van der Waals surface area contributed by atoms with Crippen LogP contribution in [0.25, 0.3) is 0 Å². The smallest absolute Gasteiger partial charge is 0.306 e. The summed E-state index contributed by atoms with van der Waals surface area (Å²) in [6.07, 6.45) is 4.63. The van der Waals surface area contributed by atoms with Crippen LogP contribution in [0.15, 0.2) is 0 Å². The van der Waals surface area contributed by atoms with E-state index in [2.05, 4.69) is 6.92 Å². The van der Waals surface area contributed by atoms with E-state index < -0.39 is 0 Å². The molecule has 0 amide bonds. The van der Waals surface area contributed by atoms with Crippen LogP contribution in [0.5, 0.6) is 0 Å². The topological polar surface area (TPSA) is 43.4 Å². The zero-order chi connectivity index (χ0) is 12.4. The van der Waals surface area contributed by atoms with Crippen LogP contribution in [0, 0.1) is 0 Å². The summed E-state index contributed by atoms with van der Waals surface area (Å²) in [5.74, 6) is -0.197. The van der Waals surface area contributed by atoms with E-state index in [1.807, 2.05) is 0 Å². The Morgan fingerprint density at radius 1 is 1.25 bits per heavy atom. The minimum absolute atomic E-state index is 0.0748. The first-order valence-electron chi connectivity index (χ1n) is 5.93. The third-order valence-corrected chi connectivity index (χ3v) is 3.23. The predicted octanol–water partition coefficient (Wildman–Crippen LogP) is 3.17. The predicted molar refractivity (Wildman–Crippen MR) is 67.5 cm³/mol. The molecular formula is C12H22O3S. The Balaban J connectivity index is 3.98. The molecule has 0 unspecified atom stereocenters. The summed E-state index contributed by atoms with van der Waals surface area (Å²) in [4.78, 5) is 22.4. The Hall–Kier alpha value is -0.510. The molecule has 4 heteroatoms. The molecule has 0 aliphatic carbocycles. The number of thioether (sulfide) groups is 1. The van der Waals surface area contributed by atoms with Crippen molar-refractivity contribution in [3.8, 4) is 0 Å². The molecule has 0 saturated heterocycles. The Kier molecular flexibility index (Phi) is 9.39. The van der Waals surface area contributed by atoms with E-state index in [9.17, 15) is 9.59 Å². The summed E-state index contributed by atoms with van der Waals surface area (Å²) < 4.78 is 4.90. The van der Waals surface area contributed by atoms with Gasteiger partial charge in [-0.05, 0) is 13.3 Å². The molecule has 0 aliphatic rings. The minimum atomic E-state index is -0.197. The quantitative estimate of drug-likeness (QED) is 0.487. The second-order valence-corrected chi connectivity index (χ2v) is 5.21. The summed E-state index contributed by atoms with van der Waals surface area (Å²) in [5, 5.41) is 0.161. The fraction of sp³-hybridized carbons (Fsp3) is 0.833. The lowest BCUT2D eigenvalue weighted by Crippen LogP contribution is -2.14. The van der Waals surface area contributed by atoms with E-state index in [0.717, 1.165) is 25.7 Å². The molecule has 16 heavy (non-hydrogen) atoms. The number of unbranched alkanes of at least 4 members (excludes halogenated alkanes) is 2. The summed E-state index contributed by atoms with van der Waals surface area (Å²) in [6.45, 7) is 5.88. The first-order chi connectivity index (χ1) is 7.60. The monoisotopic (exact) mass is 246 g/mol. The summed E-state index contributed by atoms with van der Waals surface area (Å²) >= 11 is 1.26. The first-order valence-corrected chi connectivity index (χ1v) is 6.80. The van der Waals surface area contributed by atoms with Gasteiger partial charge in [0.2, 0.25) is 0 Å². The van der Waals surface area contributed by atoms with Crippen molar-refractivity contribution < 1.29 is 14.3 Å². The number of carbonyl (C=O) groups excluding carboxylic acids is 2. The molecule has 0 aromatic rings. The highest BCUT2D eigenvalue weighted by Crippen LogP contribution is 2.22. The van der Waals surface area contributed by atoms with Crippen LogP contribution >= 0.6 is 11.8 Å². The average molecular weight is 246 g/mol. The second-order valence-electron chi connectivity index (χ2n) is 3.74. The van der Waals surface area contributed by atoms with Gasteiger partial charge in [-0.1, -0.05) is 37.9 Å². The lowest BCUT2D eigenvalue weighted by atomic mass is 10.1. The number of hydrogen-bond acceptors (Lipinski definition) is 4. The zero-order valence-corrected chi connectivity index (χ0v) is 11.3. The van der Waals surface area contributed by atoms with Crippen molar-refractivity contribution in [1.29, 1.82) is 0 Å². The number of ether oxygens (including phenoxy) is 1. The van der Waals surface area contributed by atoms with E-state index in [1.54, 1.807) is 13.8 Å². The molecule has 0 bridgehead atoms. The molecule has 94 valence electrons. The van der Waals surface area contributed by atoms with Crippen molar-refractivity contribution in [2.24, 2.45) is 0 Å². The largest absolute Gasteiger partial charge is 0.466 e. The van der Waals surface area contributed by atoms with Crippen LogP contribution in [0.2, 0.25) is 0 Å². The summed E-state index contributed by atoms with van der Waals surface area (Å²) in [6, 6.07) is 0. The van der Waals surface area contributed by atoms with Gasteiger partial charge >= 0.3 is 5.97 Å². The van der Waals surface area contributed by atoms with Gasteiger partial charge in [-0.25, -0.2) is 0 Å². The van der Waals surface area contributed by atoms with E-state index in [1.165, 1.54) is 11.8 Å². The number of hydrogen-bond donors (Lipinski definition) is 0. The van der Waals surface area contributed by atoms with E-state index in [-0.39, 0.29) is 16.3 Å². The molecule has 0 spiro atoms. The third-order valence-electron chi connectivity index (χ3n) is 2.16. The first kappa shape index (κ1) is 15.5. The Morgan fingerprint density at radius 2 is 1.94 bits per heavy atom. The summed E-state index contributed by atoms with van der Waals surface area (Å²) in [7, 11) is 0. The van der Waals surface area contributed by atoms with Gasteiger partial charge in [0.15, 0.2) is 5.12 Å². The van der Waals surface area contributed by atoms with Gasteiger partial charge in [0, 0.05) is 12.2 Å². The minimum Gasteiger partial charge on any atom is -0.466 e. The molecule has 3 nitrogen and oxygen atoms in total. The average Bonchev–Trinajstić information content (AvgIpc) is 2.17. The van der Waals surface area contributed by atoms with Gasteiger partial charge in [-0.15, -0.1) is 0 Å². The number of rotatable bonds is 8. The van der Waals surface area contributed by atoms with Gasteiger partial charge in [0.1, 0.15) is 0 Å². The van der Waals surface area contributed by atoms with E-state index in [0.29, 0.717) is 13.0 Å². The Morgan fingerprint density at radius 3 is 2.44 bits per heavy atom. The van der Waals surface area contributed by atoms with Gasteiger partial charge in [0.05, 0.1) is 13.0 Å². The molecule has 0 aliphatic heterocycles. The van der Waals surface area contributed by atoms with Crippen LogP contribution in [0.3, 0.4) is 0 Å². The molecule has 0 fully saturated rings. The third kappa shape index (κ3) is 8.77. The van der Waals surface area contributed by atoms with E-state index >= 15 is 0 Å². The van der Waals surface area contributed by atoms with Crippen molar-refractivity contribution in [3.63, 3.8) is 0 Å². The van der Waals surface area contributed by atoms with Crippen LogP contribution in [-0.2, 0) is 14.3 Å². The molecule has 0 rings (SSSR count). The SMILES string of the molecule is CCCCC[C@H](CC(=O)OCC)SC(C)=O. The Bertz CT molecular complexity index is 216. The van der Waals surface area contributed by atoms with Gasteiger partial charge in [-0.3, -0.25) is 9.59 Å². The zero-order valence-electron chi connectivity index (χ0n) is 10.5. The maximum atomic E-state index is 11.3. The van der Waals surface area contributed by atoms with Crippen molar-refractivity contribution in [2.45, 2.75) is 58.1 Å². The highest BCUT2D eigenvalue weighted by atomic mass is 32.2. The van der Waals surface area contributed by atoms with Crippen molar-refractivity contribution in [2.75, 3.05) is 6.61 Å². The molecule has 0 N–H and O–H groups in total. The number of carbonyl (C=O) groups is 2. The normalized spacial score (nSPS) is 12.2. The fourth-order valence-electron chi connectivity index (χ4n) is 1.47.